The van der Waals surface area contributed by atoms with Gasteiger partial charge in [-0.3, -0.25) is 4.79 Å². The first-order valence-corrected chi connectivity index (χ1v) is 5.67. The van der Waals surface area contributed by atoms with Crippen LogP contribution in [0.2, 0.25) is 0 Å². The average Bonchev–Trinajstić information content (AvgIpc) is 2.42. The SMILES string of the molecule is CC(Oc1ccc(C=O)cc1F)c1ccccc1. The van der Waals surface area contributed by atoms with Crippen molar-refractivity contribution in [2.45, 2.75) is 13.0 Å². The summed E-state index contributed by atoms with van der Waals surface area (Å²) in [7, 11) is 0. The second-order valence-electron chi connectivity index (χ2n) is 3.98. The number of benzene rings is 2. The lowest BCUT2D eigenvalue weighted by molar-refractivity contribution is 0.112. The molecule has 0 aromatic heterocycles. The average molecular weight is 244 g/mol. The second kappa shape index (κ2) is 5.45. The molecule has 0 fully saturated rings. The first-order valence-electron chi connectivity index (χ1n) is 5.67. The van der Waals surface area contributed by atoms with Crippen molar-refractivity contribution in [3.05, 3.63) is 65.5 Å². The van der Waals surface area contributed by atoms with Crippen LogP contribution < -0.4 is 4.74 Å². The molecule has 0 amide bonds. The smallest absolute Gasteiger partial charge is 0.165 e. The zero-order chi connectivity index (χ0) is 13.0. The van der Waals surface area contributed by atoms with E-state index in [1.54, 1.807) is 0 Å². The maximum atomic E-state index is 13.6. The van der Waals surface area contributed by atoms with Crippen molar-refractivity contribution in [1.29, 1.82) is 0 Å². The summed E-state index contributed by atoms with van der Waals surface area (Å²) in [6.45, 7) is 1.85. The molecule has 2 aromatic rings. The van der Waals surface area contributed by atoms with E-state index in [4.69, 9.17) is 4.74 Å². The van der Waals surface area contributed by atoms with Crippen molar-refractivity contribution in [2.75, 3.05) is 0 Å². The summed E-state index contributed by atoms with van der Waals surface area (Å²) >= 11 is 0. The van der Waals surface area contributed by atoms with Gasteiger partial charge in [-0.25, -0.2) is 4.39 Å². The molecule has 0 aliphatic heterocycles. The highest BCUT2D eigenvalue weighted by molar-refractivity contribution is 5.74. The number of halogens is 1. The third kappa shape index (κ3) is 2.74. The topological polar surface area (TPSA) is 26.3 Å². The normalized spacial score (nSPS) is 11.9. The predicted molar refractivity (Wildman–Crippen MR) is 67.3 cm³/mol. The lowest BCUT2D eigenvalue weighted by Gasteiger charge is -2.15. The maximum absolute atomic E-state index is 13.6. The van der Waals surface area contributed by atoms with Gasteiger partial charge in [-0.05, 0) is 30.7 Å². The van der Waals surface area contributed by atoms with Crippen LogP contribution >= 0.6 is 0 Å². The van der Waals surface area contributed by atoms with Crippen LogP contribution in [0, 0.1) is 5.82 Å². The second-order valence-corrected chi connectivity index (χ2v) is 3.98. The quantitative estimate of drug-likeness (QED) is 0.765. The van der Waals surface area contributed by atoms with E-state index < -0.39 is 5.82 Å². The molecule has 0 bridgehead atoms. The highest BCUT2D eigenvalue weighted by Gasteiger charge is 2.10. The summed E-state index contributed by atoms with van der Waals surface area (Å²) < 4.78 is 19.2. The van der Waals surface area contributed by atoms with Crippen LogP contribution in [0.25, 0.3) is 0 Å². The standard InChI is InChI=1S/C15H13FO2/c1-11(13-5-3-2-4-6-13)18-15-8-7-12(10-17)9-14(15)16/h2-11H,1H3. The van der Waals surface area contributed by atoms with Gasteiger partial charge < -0.3 is 4.74 Å². The van der Waals surface area contributed by atoms with E-state index in [1.807, 2.05) is 37.3 Å². The third-order valence-electron chi connectivity index (χ3n) is 2.66. The lowest BCUT2D eigenvalue weighted by atomic mass is 10.1. The zero-order valence-corrected chi connectivity index (χ0v) is 9.97. The van der Waals surface area contributed by atoms with Gasteiger partial charge in [-0.2, -0.15) is 0 Å². The van der Waals surface area contributed by atoms with Crippen molar-refractivity contribution in [1.82, 2.24) is 0 Å². The largest absolute Gasteiger partial charge is 0.483 e. The van der Waals surface area contributed by atoms with Gasteiger partial charge in [0.05, 0.1) is 0 Å². The number of hydrogen-bond acceptors (Lipinski definition) is 2. The Labute approximate surface area is 105 Å². The van der Waals surface area contributed by atoms with Crippen molar-refractivity contribution in [3.63, 3.8) is 0 Å². The van der Waals surface area contributed by atoms with E-state index >= 15 is 0 Å². The number of carbonyl (C=O) groups is 1. The van der Waals surface area contributed by atoms with E-state index in [1.165, 1.54) is 18.2 Å². The molecule has 0 radical (unpaired) electrons. The van der Waals surface area contributed by atoms with E-state index in [0.29, 0.717) is 11.8 Å². The van der Waals surface area contributed by atoms with E-state index in [2.05, 4.69) is 0 Å². The van der Waals surface area contributed by atoms with Gasteiger partial charge in [-0.15, -0.1) is 0 Å². The Morgan fingerprint density at radius 2 is 1.89 bits per heavy atom. The van der Waals surface area contributed by atoms with Crippen LogP contribution in [0.1, 0.15) is 28.9 Å². The Bertz CT molecular complexity index is 537. The summed E-state index contributed by atoms with van der Waals surface area (Å²) in [5.41, 5.74) is 1.27. The molecule has 92 valence electrons. The number of carbonyl (C=O) groups excluding carboxylic acids is 1. The van der Waals surface area contributed by atoms with Gasteiger partial charge in [0, 0.05) is 5.56 Å². The van der Waals surface area contributed by atoms with Crippen LogP contribution in [0.3, 0.4) is 0 Å². The Hall–Kier alpha value is -2.16. The molecule has 0 N–H and O–H groups in total. The first-order chi connectivity index (χ1) is 8.70. The Kier molecular flexibility index (Phi) is 3.72. The van der Waals surface area contributed by atoms with Gasteiger partial charge in [0.2, 0.25) is 0 Å². The molecule has 0 aliphatic carbocycles. The fraction of sp³-hybridized carbons (Fsp3) is 0.133. The van der Waals surface area contributed by atoms with Gasteiger partial charge in [0.1, 0.15) is 12.4 Å². The van der Waals surface area contributed by atoms with Gasteiger partial charge >= 0.3 is 0 Å². The third-order valence-corrected chi connectivity index (χ3v) is 2.66. The van der Waals surface area contributed by atoms with Crippen LogP contribution in [0.15, 0.2) is 48.5 Å². The van der Waals surface area contributed by atoms with E-state index in [0.717, 1.165) is 5.56 Å². The molecule has 3 heteroatoms. The van der Waals surface area contributed by atoms with E-state index in [-0.39, 0.29) is 11.9 Å². The van der Waals surface area contributed by atoms with E-state index in [9.17, 15) is 9.18 Å². The first kappa shape index (κ1) is 12.3. The maximum Gasteiger partial charge on any atom is 0.165 e. The molecule has 0 saturated heterocycles. The molecule has 2 rings (SSSR count). The fourth-order valence-electron chi connectivity index (χ4n) is 1.67. The van der Waals surface area contributed by atoms with Crippen molar-refractivity contribution < 1.29 is 13.9 Å². The lowest BCUT2D eigenvalue weighted by Crippen LogP contribution is -2.04. The molecule has 2 aromatic carbocycles. The molecule has 0 saturated carbocycles. The zero-order valence-electron chi connectivity index (χ0n) is 9.97. The molecule has 1 atom stereocenters. The summed E-state index contributed by atoms with van der Waals surface area (Å²) in [6, 6.07) is 13.7. The Morgan fingerprint density at radius 1 is 1.17 bits per heavy atom. The van der Waals surface area contributed by atoms with Crippen LogP contribution in [0.4, 0.5) is 4.39 Å². The molecule has 1 unspecified atom stereocenters. The molecule has 0 spiro atoms. The molecule has 0 heterocycles. The number of aldehydes is 1. The number of rotatable bonds is 4. The molecular weight excluding hydrogens is 231 g/mol. The Morgan fingerprint density at radius 3 is 2.50 bits per heavy atom. The van der Waals surface area contributed by atoms with Crippen LogP contribution in [-0.2, 0) is 0 Å². The minimum absolute atomic E-state index is 0.150. The van der Waals surface area contributed by atoms with Crippen LogP contribution in [-0.4, -0.2) is 6.29 Å². The summed E-state index contributed by atoms with van der Waals surface area (Å²) in [5, 5.41) is 0. The molecule has 2 nitrogen and oxygen atoms in total. The summed E-state index contributed by atoms with van der Waals surface area (Å²) in [6.07, 6.45) is 0.357. The van der Waals surface area contributed by atoms with Gasteiger partial charge in [0.25, 0.3) is 0 Å². The van der Waals surface area contributed by atoms with Crippen molar-refractivity contribution >= 4 is 6.29 Å². The molecule has 0 aliphatic rings. The number of hydrogen-bond donors (Lipinski definition) is 0. The van der Waals surface area contributed by atoms with Crippen LogP contribution in [0.5, 0.6) is 5.75 Å². The highest BCUT2D eigenvalue weighted by Crippen LogP contribution is 2.24. The molecule has 18 heavy (non-hydrogen) atoms. The fourth-order valence-corrected chi connectivity index (χ4v) is 1.67. The summed E-state index contributed by atoms with van der Waals surface area (Å²) in [4.78, 5) is 10.5. The summed E-state index contributed by atoms with van der Waals surface area (Å²) in [5.74, 6) is -0.376. The van der Waals surface area contributed by atoms with Gasteiger partial charge in [0.15, 0.2) is 11.6 Å². The monoisotopic (exact) mass is 244 g/mol. The number of ether oxygens (including phenoxy) is 1. The minimum Gasteiger partial charge on any atom is -0.483 e. The minimum atomic E-state index is -0.526. The molecular formula is C15H13FO2. The van der Waals surface area contributed by atoms with Crippen molar-refractivity contribution in [3.8, 4) is 5.75 Å². The van der Waals surface area contributed by atoms with Gasteiger partial charge in [-0.1, -0.05) is 30.3 Å². The highest BCUT2D eigenvalue weighted by atomic mass is 19.1. The van der Waals surface area contributed by atoms with Crippen molar-refractivity contribution in [2.24, 2.45) is 0 Å². The Balaban J connectivity index is 2.17. The predicted octanol–water partition coefficient (Wildman–Crippen LogP) is 3.78.